The number of hydrogen-bond donors (Lipinski definition) is 1. The molecule has 25 heavy (non-hydrogen) atoms. The molecule has 0 spiro atoms. The molecule has 132 valence electrons. The van der Waals surface area contributed by atoms with Crippen LogP contribution in [0.1, 0.15) is 0 Å². The Morgan fingerprint density at radius 1 is 1.20 bits per heavy atom. The summed E-state index contributed by atoms with van der Waals surface area (Å²) in [5.41, 5.74) is -0.477. The van der Waals surface area contributed by atoms with Crippen LogP contribution in [0.2, 0.25) is 0 Å². The van der Waals surface area contributed by atoms with Gasteiger partial charge in [-0.25, -0.2) is 14.2 Å². The van der Waals surface area contributed by atoms with Gasteiger partial charge in [0.2, 0.25) is 0 Å². The summed E-state index contributed by atoms with van der Waals surface area (Å²) < 4.78 is 22.0. The number of aromatic nitrogens is 4. The van der Waals surface area contributed by atoms with Crippen LogP contribution in [0, 0.1) is 5.82 Å². The molecule has 2 aromatic heterocycles. The summed E-state index contributed by atoms with van der Waals surface area (Å²) >= 11 is 0. The molecule has 1 atom stereocenters. The van der Waals surface area contributed by atoms with E-state index in [-0.39, 0.29) is 30.1 Å². The molecule has 0 saturated heterocycles. The zero-order valence-corrected chi connectivity index (χ0v) is 13.7. The first kappa shape index (κ1) is 16.9. The van der Waals surface area contributed by atoms with Crippen molar-refractivity contribution >= 4 is 11.2 Å². The lowest BCUT2D eigenvalue weighted by Crippen LogP contribution is -2.38. The molecule has 0 fully saturated rings. The second-order valence-electron chi connectivity index (χ2n) is 5.69. The summed E-state index contributed by atoms with van der Waals surface area (Å²) in [6.45, 7) is 0.0164. The minimum atomic E-state index is -0.926. The monoisotopic (exact) mass is 348 g/mol. The van der Waals surface area contributed by atoms with E-state index in [4.69, 9.17) is 4.74 Å². The molecule has 0 aliphatic heterocycles. The molecule has 0 amide bonds. The number of halogens is 1. The molecule has 0 aliphatic rings. The van der Waals surface area contributed by atoms with Crippen molar-refractivity contribution in [2.45, 2.75) is 12.6 Å². The summed E-state index contributed by atoms with van der Waals surface area (Å²) in [4.78, 5) is 28.3. The van der Waals surface area contributed by atoms with E-state index in [0.29, 0.717) is 5.75 Å². The van der Waals surface area contributed by atoms with Gasteiger partial charge in [0.05, 0.1) is 12.9 Å². The standard InChI is InChI=1S/C16H17FN4O4/c1-19-14-13(15(23)20(2)16(19)24)21(9-18-14)7-11(22)8-25-12-5-3-10(17)4-6-12/h3-6,9,11,22H,7-8H2,1-2H3/t11-/m0/s1. The topological polar surface area (TPSA) is 91.3 Å². The first-order valence-electron chi connectivity index (χ1n) is 7.55. The third kappa shape index (κ3) is 3.18. The second kappa shape index (κ2) is 6.52. The normalized spacial score (nSPS) is 12.5. The van der Waals surface area contributed by atoms with Gasteiger partial charge in [-0.2, -0.15) is 0 Å². The largest absolute Gasteiger partial charge is 0.491 e. The Balaban J connectivity index is 1.80. The van der Waals surface area contributed by atoms with Crippen LogP contribution in [0.3, 0.4) is 0 Å². The van der Waals surface area contributed by atoms with Crippen molar-refractivity contribution in [3.05, 3.63) is 57.2 Å². The van der Waals surface area contributed by atoms with Crippen LogP contribution in [0.4, 0.5) is 4.39 Å². The molecule has 8 nitrogen and oxygen atoms in total. The van der Waals surface area contributed by atoms with Crippen LogP contribution < -0.4 is 16.0 Å². The highest BCUT2D eigenvalue weighted by Crippen LogP contribution is 2.12. The molecule has 1 aromatic carbocycles. The lowest BCUT2D eigenvalue weighted by Gasteiger charge is -2.13. The minimum Gasteiger partial charge on any atom is -0.491 e. The third-order valence-corrected chi connectivity index (χ3v) is 3.88. The second-order valence-corrected chi connectivity index (χ2v) is 5.69. The number of aliphatic hydroxyl groups is 1. The molecule has 1 N–H and O–H groups in total. The van der Waals surface area contributed by atoms with Crippen molar-refractivity contribution in [2.24, 2.45) is 14.1 Å². The van der Waals surface area contributed by atoms with Gasteiger partial charge in [-0.05, 0) is 24.3 Å². The Hall–Kier alpha value is -2.94. The number of hydrogen-bond acceptors (Lipinski definition) is 5. The molecule has 9 heteroatoms. The van der Waals surface area contributed by atoms with Gasteiger partial charge in [-0.15, -0.1) is 0 Å². The van der Waals surface area contributed by atoms with Crippen molar-refractivity contribution in [1.82, 2.24) is 18.7 Å². The molecular weight excluding hydrogens is 331 g/mol. The maximum atomic E-state index is 12.8. The minimum absolute atomic E-state index is 0.0443. The van der Waals surface area contributed by atoms with Gasteiger partial charge in [0, 0.05) is 14.1 Å². The molecule has 3 aromatic rings. The number of aliphatic hydroxyl groups excluding tert-OH is 1. The van der Waals surface area contributed by atoms with Crippen LogP contribution in [0.15, 0.2) is 40.2 Å². The van der Waals surface area contributed by atoms with Crippen LogP contribution in [0.5, 0.6) is 5.75 Å². The lowest BCUT2D eigenvalue weighted by atomic mass is 10.3. The Morgan fingerprint density at radius 3 is 2.56 bits per heavy atom. The maximum absolute atomic E-state index is 12.8. The van der Waals surface area contributed by atoms with E-state index in [1.165, 1.54) is 53.8 Å². The zero-order chi connectivity index (χ0) is 18.1. The lowest BCUT2D eigenvalue weighted by molar-refractivity contribution is 0.0933. The van der Waals surface area contributed by atoms with Gasteiger partial charge in [0.15, 0.2) is 11.2 Å². The highest BCUT2D eigenvalue weighted by atomic mass is 19.1. The van der Waals surface area contributed by atoms with Crippen molar-refractivity contribution in [3.8, 4) is 5.75 Å². The number of imidazole rings is 1. The van der Waals surface area contributed by atoms with Gasteiger partial charge in [0.25, 0.3) is 5.56 Å². The smallest absolute Gasteiger partial charge is 0.332 e. The average molecular weight is 348 g/mol. The Labute approximate surface area is 141 Å². The number of ether oxygens (including phenoxy) is 1. The van der Waals surface area contributed by atoms with E-state index in [1.54, 1.807) is 0 Å². The molecule has 0 aliphatic carbocycles. The van der Waals surface area contributed by atoms with Gasteiger partial charge in [0.1, 0.15) is 24.3 Å². The fraction of sp³-hybridized carbons (Fsp3) is 0.312. The van der Waals surface area contributed by atoms with Crippen molar-refractivity contribution < 1.29 is 14.2 Å². The summed E-state index contributed by atoms with van der Waals surface area (Å²) in [6, 6.07) is 5.44. The van der Waals surface area contributed by atoms with E-state index in [0.717, 1.165) is 4.57 Å². The number of fused-ring (bicyclic) bond motifs is 1. The first-order valence-corrected chi connectivity index (χ1v) is 7.55. The van der Waals surface area contributed by atoms with Crippen molar-refractivity contribution in [3.63, 3.8) is 0 Å². The van der Waals surface area contributed by atoms with Crippen LogP contribution in [-0.2, 0) is 20.6 Å². The van der Waals surface area contributed by atoms with Crippen LogP contribution in [0.25, 0.3) is 11.2 Å². The number of aryl methyl sites for hydroxylation is 1. The predicted octanol–water partition coefficient (Wildman–Crippen LogP) is 0.0127. The molecule has 3 rings (SSSR count). The Bertz CT molecular complexity index is 1020. The summed E-state index contributed by atoms with van der Waals surface area (Å²) in [6.07, 6.45) is 0.469. The highest BCUT2D eigenvalue weighted by molar-refractivity contribution is 5.69. The van der Waals surface area contributed by atoms with Gasteiger partial charge in [-0.1, -0.05) is 0 Å². The fourth-order valence-electron chi connectivity index (χ4n) is 2.54. The molecular formula is C16H17FN4O4. The van der Waals surface area contributed by atoms with E-state index >= 15 is 0 Å². The van der Waals surface area contributed by atoms with E-state index in [9.17, 15) is 19.1 Å². The molecule has 2 heterocycles. The van der Waals surface area contributed by atoms with Gasteiger partial charge >= 0.3 is 5.69 Å². The van der Waals surface area contributed by atoms with Gasteiger partial charge in [-0.3, -0.25) is 13.9 Å². The highest BCUT2D eigenvalue weighted by Gasteiger charge is 2.16. The third-order valence-electron chi connectivity index (χ3n) is 3.88. The molecule has 0 radical (unpaired) electrons. The zero-order valence-electron chi connectivity index (χ0n) is 13.7. The van der Waals surface area contributed by atoms with Crippen LogP contribution in [-0.4, -0.2) is 36.5 Å². The van der Waals surface area contributed by atoms with Crippen LogP contribution >= 0.6 is 0 Å². The Kier molecular flexibility index (Phi) is 4.41. The summed E-state index contributed by atoms with van der Waals surface area (Å²) in [5.74, 6) is 0.0495. The maximum Gasteiger partial charge on any atom is 0.332 e. The summed E-state index contributed by atoms with van der Waals surface area (Å²) in [7, 11) is 2.91. The number of benzene rings is 1. The Morgan fingerprint density at radius 2 is 1.88 bits per heavy atom. The quantitative estimate of drug-likeness (QED) is 0.702. The molecule has 0 saturated carbocycles. The van der Waals surface area contributed by atoms with Gasteiger partial charge < -0.3 is 14.4 Å². The van der Waals surface area contributed by atoms with E-state index in [1.807, 2.05) is 0 Å². The number of nitrogens with zero attached hydrogens (tertiary/aromatic N) is 4. The van der Waals surface area contributed by atoms with E-state index < -0.39 is 17.4 Å². The molecule has 0 bridgehead atoms. The summed E-state index contributed by atoms with van der Waals surface area (Å²) in [5, 5.41) is 10.2. The first-order chi connectivity index (χ1) is 11.9. The average Bonchev–Trinajstić information content (AvgIpc) is 3.01. The van der Waals surface area contributed by atoms with Crippen molar-refractivity contribution in [2.75, 3.05) is 6.61 Å². The SMILES string of the molecule is Cn1c(=O)c2c(ncn2C[C@H](O)COc2ccc(F)cc2)n(C)c1=O. The van der Waals surface area contributed by atoms with Crippen molar-refractivity contribution in [1.29, 1.82) is 0 Å². The fourth-order valence-corrected chi connectivity index (χ4v) is 2.54. The molecule has 0 unspecified atom stereocenters. The predicted molar refractivity (Wildman–Crippen MR) is 88.1 cm³/mol. The van der Waals surface area contributed by atoms with E-state index in [2.05, 4.69) is 4.98 Å². The number of rotatable bonds is 5.